The Bertz CT molecular complexity index is 545. The maximum absolute atomic E-state index is 11.7. The lowest BCUT2D eigenvalue weighted by Crippen LogP contribution is -2.27. The maximum atomic E-state index is 11.7. The first-order chi connectivity index (χ1) is 8.99. The van der Waals surface area contributed by atoms with Gasteiger partial charge in [0.25, 0.3) is 10.0 Å². The second-order valence-electron chi connectivity index (χ2n) is 4.34. The molecule has 8 heteroatoms. The average Bonchev–Trinajstić information content (AvgIpc) is 3.01. The summed E-state index contributed by atoms with van der Waals surface area (Å²) < 4.78 is 35.7. The molecule has 0 atom stereocenters. The number of carboxylic acid groups (broad SMARTS) is 1. The number of hydrogen-bond donors (Lipinski definition) is 2. The van der Waals surface area contributed by atoms with Gasteiger partial charge in [-0.05, 0) is 30.9 Å². The SMILES string of the molecule is O=C(O)c1ccc(S(=O)(=O)NCCOCC2CC2)o1. The van der Waals surface area contributed by atoms with Crippen LogP contribution in [0.3, 0.4) is 0 Å². The fraction of sp³-hybridized carbons (Fsp3) is 0.545. The van der Waals surface area contributed by atoms with Crippen molar-refractivity contribution in [2.45, 2.75) is 17.9 Å². The van der Waals surface area contributed by atoms with Gasteiger partial charge in [-0.1, -0.05) is 0 Å². The third kappa shape index (κ3) is 4.05. The highest BCUT2D eigenvalue weighted by molar-refractivity contribution is 7.89. The summed E-state index contributed by atoms with van der Waals surface area (Å²) >= 11 is 0. The quantitative estimate of drug-likeness (QED) is 0.682. The van der Waals surface area contributed by atoms with Gasteiger partial charge in [0, 0.05) is 13.2 Å². The molecule has 0 unspecified atom stereocenters. The van der Waals surface area contributed by atoms with Crippen molar-refractivity contribution < 1.29 is 27.5 Å². The Kier molecular flexibility index (Phi) is 4.23. The molecule has 1 aliphatic carbocycles. The summed E-state index contributed by atoms with van der Waals surface area (Å²) in [5, 5.41) is 8.23. The first kappa shape index (κ1) is 14.0. The summed E-state index contributed by atoms with van der Waals surface area (Å²) in [4.78, 5) is 10.6. The zero-order valence-corrected chi connectivity index (χ0v) is 11.0. The van der Waals surface area contributed by atoms with E-state index in [1.807, 2.05) is 0 Å². The molecule has 0 aromatic carbocycles. The molecule has 0 amide bonds. The molecular weight excluding hydrogens is 274 g/mol. The molecule has 106 valence electrons. The van der Waals surface area contributed by atoms with Crippen molar-refractivity contribution in [2.24, 2.45) is 5.92 Å². The van der Waals surface area contributed by atoms with Gasteiger partial charge in [0.15, 0.2) is 0 Å². The van der Waals surface area contributed by atoms with E-state index in [4.69, 9.17) is 14.3 Å². The minimum absolute atomic E-state index is 0.123. The Hall–Kier alpha value is -1.38. The molecule has 2 N–H and O–H groups in total. The highest BCUT2D eigenvalue weighted by atomic mass is 32.2. The number of ether oxygens (including phenoxy) is 1. The van der Waals surface area contributed by atoms with Gasteiger partial charge in [0.1, 0.15) is 0 Å². The van der Waals surface area contributed by atoms with Crippen molar-refractivity contribution in [3.05, 3.63) is 17.9 Å². The van der Waals surface area contributed by atoms with Crippen molar-refractivity contribution >= 4 is 16.0 Å². The molecule has 0 spiro atoms. The van der Waals surface area contributed by atoms with Gasteiger partial charge >= 0.3 is 5.97 Å². The van der Waals surface area contributed by atoms with Crippen LogP contribution in [0.5, 0.6) is 0 Å². The molecule has 19 heavy (non-hydrogen) atoms. The highest BCUT2D eigenvalue weighted by Crippen LogP contribution is 2.28. The standard InChI is InChI=1S/C11H15NO6S/c13-11(14)9-3-4-10(18-9)19(15,16)12-5-6-17-7-8-1-2-8/h3-4,8,12H,1-2,5-7H2,(H,13,14). The van der Waals surface area contributed by atoms with Crippen LogP contribution in [0.2, 0.25) is 0 Å². The molecule has 1 heterocycles. The zero-order valence-electron chi connectivity index (χ0n) is 10.2. The van der Waals surface area contributed by atoms with Gasteiger partial charge in [-0.25, -0.2) is 17.9 Å². The molecule has 0 saturated heterocycles. The third-order valence-corrected chi connectivity index (χ3v) is 3.98. The van der Waals surface area contributed by atoms with E-state index in [0.717, 1.165) is 12.1 Å². The second kappa shape index (κ2) is 5.72. The van der Waals surface area contributed by atoms with Crippen LogP contribution < -0.4 is 4.72 Å². The Balaban J connectivity index is 1.80. The lowest BCUT2D eigenvalue weighted by Gasteiger charge is -2.05. The van der Waals surface area contributed by atoms with Crippen LogP contribution >= 0.6 is 0 Å². The van der Waals surface area contributed by atoms with Crippen molar-refractivity contribution in [3.8, 4) is 0 Å². The topological polar surface area (TPSA) is 106 Å². The van der Waals surface area contributed by atoms with Crippen molar-refractivity contribution in [2.75, 3.05) is 19.8 Å². The Morgan fingerprint density at radius 2 is 2.21 bits per heavy atom. The summed E-state index contributed by atoms with van der Waals surface area (Å²) in [5.74, 6) is -1.10. The summed E-state index contributed by atoms with van der Waals surface area (Å²) in [6.07, 6.45) is 2.35. The molecule has 2 rings (SSSR count). The number of furan rings is 1. The predicted octanol–water partition coefficient (Wildman–Crippen LogP) is 0.683. The molecular formula is C11H15NO6S. The minimum atomic E-state index is -3.82. The first-order valence-corrected chi connectivity index (χ1v) is 7.38. The van der Waals surface area contributed by atoms with E-state index in [9.17, 15) is 13.2 Å². The average molecular weight is 289 g/mol. The smallest absolute Gasteiger partial charge is 0.371 e. The molecule has 0 bridgehead atoms. The number of sulfonamides is 1. The largest absolute Gasteiger partial charge is 0.475 e. The van der Waals surface area contributed by atoms with Gasteiger partial charge in [-0.2, -0.15) is 0 Å². The molecule has 1 saturated carbocycles. The number of hydrogen-bond acceptors (Lipinski definition) is 5. The van der Waals surface area contributed by atoms with E-state index < -0.39 is 26.8 Å². The van der Waals surface area contributed by atoms with E-state index >= 15 is 0 Å². The van der Waals surface area contributed by atoms with E-state index in [1.165, 1.54) is 12.8 Å². The summed E-state index contributed by atoms with van der Waals surface area (Å²) in [6.45, 7) is 1.06. The number of carboxylic acids is 1. The second-order valence-corrected chi connectivity index (χ2v) is 6.04. The van der Waals surface area contributed by atoms with Gasteiger partial charge in [-0.15, -0.1) is 0 Å². The van der Waals surface area contributed by atoms with Crippen LogP contribution in [-0.2, 0) is 14.8 Å². The molecule has 1 aromatic heterocycles. The van der Waals surface area contributed by atoms with Crippen LogP contribution in [0.25, 0.3) is 0 Å². The van der Waals surface area contributed by atoms with Gasteiger partial charge in [0.05, 0.1) is 6.61 Å². The first-order valence-electron chi connectivity index (χ1n) is 5.89. The van der Waals surface area contributed by atoms with Crippen molar-refractivity contribution in [3.63, 3.8) is 0 Å². The van der Waals surface area contributed by atoms with E-state index in [0.29, 0.717) is 12.5 Å². The van der Waals surface area contributed by atoms with Gasteiger partial charge in [-0.3, -0.25) is 0 Å². The fourth-order valence-corrected chi connectivity index (χ4v) is 2.37. The predicted molar refractivity (Wildman–Crippen MR) is 64.4 cm³/mol. The number of carbonyl (C=O) groups is 1. The van der Waals surface area contributed by atoms with Crippen LogP contribution in [-0.4, -0.2) is 39.3 Å². The number of rotatable bonds is 8. The summed E-state index contributed by atoms with van der Waals surface area (Å²) in [7, 11) is -3.82. The highest BCUT2D eigenvalue weighted by Gasteiger charge is 2.22. The van der Waals surface area contributed by atoms with Crippen LogP contribution in [0.1, 0.15) is 23.4 Å². The van der Waals surface area contributed by atoms with Crippen LogP contribution in [0.4, 0.5) is 0 Å². The van der Waals surface area contributed by atoms with E-state index in [-0.39, 0.29) is 13.2 Å². The molecule has 0 radical (unpaired) electrons. The van der Waals surface area contributed by atoms with E-state index in [2.05, 4.69) is 4.72 Å². The molecule has 7 nitrogen and oxygen atoms in total. The molecule has 1 fully saturated rings. The minimum Gasteiger partial charge on any atom is -0.475 e. The van der Waals surface area contributed by atoms with E-state index in [1.54, 1.807) is 0 Å². The third-order valence-electron chi connectivity index (χ3n) is 2.65. The number of nitrogens with one attached hydrogen (secondary N) is 1. The van der Waals surface area contributed by atoms with Crippen LogP contribution in [0.15, 0.2) is 21.6 Å². The number of aromatic carboxylic acids is 1. The summed E-state index contributed by atoms with van der Waals surface area (Å²) in [5.41, 5.74) is 0. The fourth-order valence-electron chi connectivity index (χ4n) is 1.43. The maximum Gasteiger partial charge on any atom is 0.371 e. The molecule has 1 aromatic rings. The van der Waals surface area contributed by atoms with Gasteiger partial charge < -0.3 is 14.3 Å². The molecule has 0 aliphatic heterocycles. The van der Waals surface area contributed by atoms with Crippen molar-refractivity contribution in [1.82, 2.24) is 4.72 Å². The summed E-state index contributed by atoms with van der Waals surface area (Å²) in [6, 6.07) is 2.21. The normalized spacial score (nSPS) is 15.6. The lowest BCUT2D eigenvalue weighted by molar-refractivity contribution is 0.0656. The monoisotopic (exact) mass is 289 g/mol. The van der Waals surface area contributed by atoms with Crippen LogP contribution in [0, 0.1) is 5.92 Å². The Labute approximate surface area is 110 Å². The Morgan fingerprint density at radius 3 is 2.79 bits per heavy atom. The lowest BCUT2D eigenvalue weighted by atomic mass is 10.5. The van der Waals surface area contributed by atoms with Crippen molar-refractivity contribution in [1.29, 1.82) is 0 Å². The molecule has 1 aliphatic rings. The zero-order chi connectivity index (χ0) is 13.9. The van der Waals surface area contributed by atoms with Gasteiger partial charge in [0.2, 0.25) is 10.9 Å². The Morgan fingerprint density at radius 1 is 1.47 bits per heavy atom.